The molecule has 0 aromatic carbocycles. The summed E-state index contributed by atoms with van der Waals surface area (Å²) in [6, 6.07) is 1.20. The zero-order valence-electron chi connectivity index (χ0n) is 12.9. The second kappa shape index (κ2) is 6.01. The molecule has 0 spiro atoms. The average molecular weight is 291 g/mol. The van der Waals surface area contributed by atoms with E-state index in [9.17, 15) is 0 Å². The topological polar surface area (TPSA) is 83.2 Å². The smallest absolute Gasteiger partial charge is 0.231 e. The van der Waals surface area contributed by atoms with E-state index in [1.165, 1.54) is 25.7 Å². The molecular weight excluding hydrogens is 266 g/mol. The van der Waals surface area contributed by atoms with E-state index in [-0.39, 0.29) is 5.95 Å². The van der Waals surface area contributed by atoms with Crippen LogP contribution in [0, 0.1) is 0 Å². The van der Waals surface area contributed by atoms with E-state index in [0.29, 0.717) is 17.9 Å². The number of rotatable bonds is 6. The predicted molar refractivity (Wildman–Crippen MR) is 84.4 cm³/mol. The molecule has 0 radical (unpaired) electrons. The fraction of sp³-hybridized carbons (Fsp3) is 0.786. The molecule has 1 aromatic heterocycles. The van der Waals surface area contributed by atoms with Crippen LogP contribution in [0.5, 0.6) is 0 Å². The minimum atomic E-state index is 0.289. The summed E-state index contributed by atoms with van der Waals surface area (Å²) in [7, 11) is 2.18. The highest BCUT2D eigenvalue weighted by Crippen LogP contribution is 2.27. The third-order valence-electron chi connectivity index (χ3n) is 4.40. The molecule has 3 N–H and O–H groups in total. The first-order valence-electron chi connectivity index (χ1n) is 7.86. The van der Waals surface area contributed by atoms with Gasteiger partial charge < -0.3 is 16.0 Å². The lowest BCUT2D eigenvalue weighted by molar-refractivity contribution is 0.257. The van der Waals surface area contributed by atoms with Crippen molar-refractivity contribution in [3.8, 4) is 0 Å². The second-order valence-electron chi connectivity index (χ2n) is 6.14. The first-order chi connectivity index (χ1) is 10.1. The molecule has 7 heteroatoms. The van der Waals surface area contributed by atoms with Crippen molar-refractivity contribution in [2.45, 2.75) is 44.7 Å². The van der Waals surface area contributed by atoms with E-state index in [1.54, 1.807) is 0 Å². The summed E-state index contributed by atoms with van der Waals surface area (Å²) in [5, 5.41) is 3.30. The number of likely N-dealkylation sites (N-methyl/N-ethyl adjacent to an activating group) is 1. The number of anilines is 3. The summed E-state index contributed by atoms with van der Waals surface area (Å²) in [4.78, 5) is 17.5. The van der Waals surface area contributed by atoms with Gasteiger partial charge in [0.1, 0.15) is 0 Å². The largest absolute Gasteiger partial charge is 0.368 e. The maximum atomic E-state index is 5.81. The van der Waals surface area contributed by atoms with Crippen LogP contribution in [-0.2, 0) is 0 Å². The van der Waals surface area contributed by atoms with Crippen LogP contribution in [0.1, 0.15) is 32.6 Å². The van der Waals surface area contributed by atoms with Gasteiger partial charge in [-0.15, -0.1) is 0 Å². The molecule has 1 aliphatic carbocycles. The predicted octanol–water partition coefficient (Wildman–Crippen LogP) is 0.949. The molecule has 116 valence electrons. The van der Waals surface area contributed by atoms with Gasteiger partial charge in [-0.3, -0.25) is 4.90 Å². The van der Waals surface area contributed by atoms with Crippen molar-refractivity contribution in [2.24, 2.45) is 0 Å². The summed E-state index contributed by atoms with van der Waals surface area (Å²) in [6.07, 6.45) is 5.02. The fourth-order valence-corrected chi connectivity index (χ4v) is 2.74. The van der Waals surface area contributed by atoms with Gasteiger partial charge in [0.05, 0.1) is 0 Å². The van der Waals surface area contributed by atoms with Crippen molar-refractivity contribution < 1.29 is 0 Å². The molecule has 2 aliphatic rings. The Bertz CT molecular complexity index is 482. The number of aromatic nitrogens is 3. The molecule has 1 unspecified atom stereocenters. The van der Waals surface area contributed by atoms with E-state index in [2.05, 4.69) is 44.0 Å². The minimum Gasteiger partial charge on any atom is -0.368 e. The van der Waals surface area contributed by atoms with Crippen molar-refractivity contribution in [1.82, 2.24) is 19.9 Å². The Morgan fingerprint density at radius 1 is 1.29 bits per heavy atom. The van der Waals surface area contributed by atoms with Gasteiger partial charge in [0.15, 0.2) is 0 Å². The minimum absolute atomic E-state index is 0.289. The lowest BCUT2D eigenvalue weighted by atomic mass is 10.3. The van der Waals surface area contributed by atoms with Crippen LogP contribution in [-0.4, -0.2) is 58.6 Å². The molecule has 21 heavy (non-hydrogen) atoms. The van der Waals surface area contributed by atoms with Gasteiger partial charge in [-0.25, -0.2) is 0 Å². The summed E-state index contributed by atoms with van der Waals surface area (Å²) >= 11 is 0. The lowest BCUT2D eigenvalue weighted by Gasteiger charge is -2.24. The van der Waals surface area contributed by atoms with Gasteiger partial charge in [-0.05, 0) is 39.7 Å². The standard InChI is InChI=1S/C14H25N7/c1-10(20(2)11-5-6-11)9-16-13-17-12(15)18-14(19-13)21-7-3-4-8-21/h10-11H,3-9H2,1-2H3,(H3,15,16,17,18,19). The lowest BCUT2D eigenvalue weighted by Crippen LogP contribution is -2.36. The van der Waals surface area contributed by atoms with Gasteiger partial charge in [0.2, 0.25) is 17.8 Å². The Morgan fingerprint density at radius 3 is 2.67 bits per heavy atom. The maximum absolute atomic E-state index is 5.81. The van der Waals surface area contributed by atoms with E-state index >= 15 is 0 Å². The third kappa shape index (κ3) is 3.53. The Labute approximate surface area is 126 Å². The molecular formula is C14H25N7. The zero-order valence-corrected chi connectivity index (χ0v) is 12.9. The van der Waals surface area contributed by atoms with E-state index in [0.717, 1.165) is 25.7 Å². The molecule has 1 aromatic rings. The van der Waals surface area contributed by atoms with Crippen LogP contribution in [0.4, 0.5) is 17.8 Å². The van der Waals surface area contributed by atoms with Gasteiger partial charge >= 0.3 is 0 Å². The number of hydrogen-bond acceptors (Lipinski definition) is 7. The molecule has 1 aliphatic heterocycles. The van der Waals surface area contributed by atoms with Crippen LogP contribution < -0.4 is 16.0 Å². The summed E-state index contributed by atoms with van der Waals surface area (Å²) in [5.74, 6) is 1.57. The number of nitrogens with two attached hydrogens (primary N) is 1. The molecule has 3 rings (SSSR count). The Morgan fingerprint density at radius 2 is 2.00 bits per heavy atom. The number of nitrogen functional groups attached to an aromatic ring is 1. The van der Waals surface area contributed by atoms with Gasteiger partial charge in [-0.1, -0.05) is 0 Å². The maximum Gasteiger partial charge on any atom is 0.231 e. The molecule has 1 saturated carbocycles. The summed E-state index contributed by atoms with van der Waals surface area (Å²) in [6.45, 7) is 5.04. The molecule has 0 amide bonds. The average Bonchev–Trinajstić information content (AvgIpc) is 3.17. The SMILES string of the molecule is CC(CNc1nc(N)nc(N2CCCC2)n1)N(C)C1CC1. The van der Waals surface area contributed by atoms with Gasteiger partial charge in [0, 0.05) is 31.7 Å². The monoisotopic (exact) mass is 291 g/mol. The van der Waals surface area contributed by atoms with Crippen molar-refractivity contribution >= 4 is 17.8 Å². The van der Waals surface area contributed by atoms with E-state index in [1.807, 2.05) is 0 Å². The summed E-state index contributed by atoms with van der Waals surface area (Å²) in [5.41, 5.74) is 5.81. The van der Waals surface area contributed by atoms with Crippen LogP contribution in [0.15, 0.2) is 0 Å². The second-order valence-corrected chi connectivity index (χ2v) is 6.14. The Kier molecular flexibility index (Phi) is 4.10. The van der Waals surface area contributed by atoms with E-state index in [4.69, 9.17) is 5.73 Å². The first kappa shape index (κ1) is 14.3. The van der Waals surface area contributed by atoms with Crippen LogP contribution in [0.2, 0.25) is 0 Å². The molecule has 1 atom stereocenters. The third-order valence-corrected chi connectivity index (χ3v) is 4.40. The molecule has 0 bridgehead atoms. The number of nitrogens with one attached hydrogen (secondary N) is 1. The highest BCUT2D eigenvalue weighted by Gasteiger charge is 2.29. The van der Waals surface area contributed by atoms with Crippen LogP contribution >= 0.6 is 0 Å². The number of hydrogen-bond donors (Lipinski definition) is 2. The van der Waals surface area contributed by atoms with Crippen molar-refractivity contribution in [3.05, 3.63) is 0 Å². The summed E-state index contributed by atoms with van der Waals surface area (Å²) < 4.78 is 0. The van der Waals surface area contributed by atoms with Gasteiger partial charge in [-0.2, -0.15) is 15.0 Å². The highest BCUT2D eigenvalue weighted by molar-refractivity contribution is 5.42. The molecule has 2 fully saturated rings. The Balaban J connectivity index is 1.61. The quantitative estimate of drug-likeness (QED) is 0.807. The fourth-order valence-electron chi connectivity index (χ4n) is 2.74. The molecule has 1 saturated heterocycles. The van der Waals surface area contributed by atoms with Crippen LogP contribution in [0.3, 0.4) is 0 Å². The zero-order chi connectivity index (χ0) is 14.8. The van der Waals surface area contributed by atoms with Crippen molar-refractivity contribution in [3.63, 3.8) is 0 Å². The van der Waals surface area contributed by atoms with Crippen molar-refractivity contribution in [1.29, 1.82) is 0 Å². The Hall–Kier alpha value is -1.63. The normalized spacial score (nSPS) is 20.0. The van der Waals surface area contributed by atoms with E-state index < -0.39 is 0 Å². The molecule has 2 heterocycles. The number of nitrogens with zero attached hydrogens (tertiary/aromatic N) is 5. The highest BCUT2D eigenvalue weighted by atomic mass is 15.3. The molecule has 7 nitrogen and oxygen atoms in total. The van der Waals surface area contributed by atoms with Gasteiger partial charge in [0.25, 0.3) is 0 Å². The van der Waals surface area contributed by atoms with Crippen LogP contribution in [0.25, 0.3) is 0 Å². The van der Waals surface area contributed by atoms with Crippen molar-refractivity contribution in [2.75, 3.05) is 42.6 Å². The first-order valence-corrected chi connectivity index (χ1v) is 7.86.